The second-order valence-corrected chi connectivity index (χ2v) is 7.41. The average molecular weight is 482 g/mol. The summed E-state index contributed by atoms with van der Waals surface area (Å²) >= 11 is 0. The highest BCUT2D eigenvalue weighted by atomic mass is 19.4. The van der Waals surface area contributed by atoms with Gasteiger partial charge in [0, 0.05) is 51.1 Å². The Morgan fingerprint density at radius 1 is 1.03 bits per heavy atom. The summed E-state index contributed by atoms with van der Waals surface area (Å²) in [6.45, 7) is -0.0238. The standard InChI is InChI=1S/C22H25F3N4O5/c1-32-16-3-4-17(18(12-16)33-2)20(30)28-7-9-29(10-8-28)21(31)27-13-15-5-6-26-19(11-15)34-14-22(23,24)25/h3-6,11-12H,7-10,13-14H2,1-2H3,(H,27,31). The fourth-order valence-electron chi connectivity index (χ4n) is 3.34. The molecule has 1 fully saturated rings. The summed E-state index contributed by atoms with van der Waals surface area (Å²) in [7, 11) is 3.00. The molecule has 3 amide bonds. The number of hydrogen-bond donors (Lipinski definition) is 1. The zero-order valence-electron chi connectivity index (χ0n) is 18.7. The Hall–Kier alpha value is -3.70. The number of ether oxygens (including phenoxy) is 3. The van der Waals surface area contributed by atoms with Crippen LogP contribution in [0, 0.1) is 0 Å². The third kappa shape index (κ3) is 6.65. The van der Waals surface area contributed by atoms with Crippen LogP contribution in [0.1, 0.15) is 15.9 Å². The van der Waals surface area contributed by atoms with E-state index in [2.05, 4.69) is 15.0 Å². The number of nitrogens with zero attached hydrogens (tertiary/aromatic N) is 3. The summed E-state index contributed by atoms with van der Waals surface area (Å²) in [5, 5.41) is 2.72. The summed E-state index contributed by atoms with van der Waals surface area (Å²) in [5.41, 5.74) is 0.948. The minimum Gasteiger partial charge on any atom is -0.497 e. The predicted molar refractivity (Wildman–Crippen MR) is 115 cm³/mol. The van der Waals surface area contributed by atoms with E-state index in [1.165, 1.54) is 26.5 Å². The molecule has 0 aliphatic carbocycles. The monoisotopic (exact) mass is 482 g/mol. The number of carbonyl (C=O) groups is 2. The van der Waals surface area contributed by atoms with Gasteiger partial charge in [0.2, 0.25) is 5.88 Å². The highest BCUT2D eigenvalue weighted by molar-refractivity contribution is 5.97. The molecule has 1 aromatic carbocycles. The van der Waals surface area contributed by atoms with Crippen molar-refractivity contribution >= 4 is 11.9 Å². The van der Waals surface area contributed by atoms with Gasteiger partial charge in [-0.1, -0.05) is 0 Å². The van der Waals surface area contributed by atoms with Gasteiger partial charge in [0.25, 0.3) is 5.91 Å². The summed E-state index contributed by atoms with van der Waals surface area (Å²) in [5.74, 6) is 0.594. The third-order valence-corrected chi connectivity index (χ3v) is 5.12. The van der Waals surface area contributed by atoms with E-state index in [1.54, 1.807) is 34.1 Å². The molecule has 3 rings (SSSR count). The Morgan fingerprint density at radius 2 is 1.74 bits per heavy atom. The predicted octanol–water partition coefficient (Wildman–Crippen LogP) is 2.71. The molecule has 2 aromatic rings. The molecule has 0 atom stereocenters. The Balaban J connectivity index is 1.50. The lowest BCUT2D eigenvalue weighted by Gasteiger charge is -2.35. The number of urea groups is 1. The van der Waals surface area contributed by atoms with Gasteiger partial charge in [-0.3, -0.25) is 4.79 Å². The number of halogens is 3. The van der Waals surface area contributed by atoms with Crippen molar-refractivity contribution in [1.82, 2.24) is 20.1 Å². The second kappa shape index (κ2) is 10.9. The second-order valence-electron chi connectivity index (χ2n) is 7.41. The fraction of sp³-hybridized carbons (Fsp3) is 0.409. The number of carbonyl (C=O) groups excluding carboxylic acids is 2. The molecule has 1 saturated heterocycles. The van der Waals surface area contributed by atoms with Crippen LogP contribution >= 0.6 is 0 Å². The molecule has 34 heavy (non-hydrogen) atoms. The third-order valence-electron chi connectivity index (χ3n) is 5.12. The van der Waals surface area contributed by atoms with Crippen molar-refractivity contribution in [1.29, 1.82) is 0 Å². The quantitative estimate of drug-likeness (QED) is 0.653. The van der Waals surface area contributed by atoms with Gasteiger partial charge in [-0.15, -0.1) is 0 Å². The van der Waals surface area contributed by atoms with Gasteiger partial charge in [-0.25, -0.2) is 9.78 Å². The van der Waals surface area contributed by atoms with E-state index in [9.17, 15) is 22.8 Å². The van der Waals surface area contributed by atoms with Crippen LogP contribution in [0.15, 0.2) is 36.5 Å². The topological polar surface area (TPSA) is 93.2 Å². The van der Waals surface area contributed by atoms with E-state index in [0.717, 1.165) is 0 Å². The van der Waals surface area contributed by atoms with E-state index >= 15 is 0 Å². The Morgan fingerprint density at radius 3 is 2.38 bits per heavy atom. The van der Waals surface area contributed by atoms with Gasteiger partial charge in [-0.2, -0.15) is 13.2 Å². The normalized spacial score (nSPS) is 13.9. The van der Waals surface area contributed by atoms with Crippen molar-refractivity contribution in [3.05, 3.63) is 47.7 Å². The zero-order chi connectivity index (χ0) is 24.7. The minimum absolute atomic E-state index is 0.0892. The fourth-order valence-corrected chi connectivity index (χ4v) is 3.34. The molecule has 1 aliphatic rings. The molecule has 2 heterocycles. The van der Waals surface area contributed by atoms with Gasteiger partial charge >= 0.3 is 12.2 Å². The van der Waals surface area contributed by atoms with Crippen molar-refractivity contribution in [2.45, 2.75) is 12.7 Å². The molecule has 0 radical (unpaired) electrons. The lowest BCUT2D eigenvalue weighted by atomic mass is 10.1. The van der Waals surface area contributed by atoms with Gasteiger partial charge in [0.05, 0.1) is 19.8 Å². The van der Waals surface area contributed by atoms with Gasteiger partial charge in [-0.05, 0) is 23.8 Å². The van der Waals surface area contributed by atoms with E-state index in [-0.39, 0.29) is 24.4 Å². The van der Waals surface area contributed by atoms with E-state index in [1.807, 2.05) is 0 Å². The van der Waals surface area contributed by atoms with Crippen LogP contribution in [0.3, 0.4) is 0 Å². The summed E-state index contributed by atoms with van der Waals surface area (Å²) in [4.78, 5) is 32.4. The van der Waals surface area contributed by atoms with Crippen LogP contribution in [0.2, 0.25) is 0 Å². The number of methoxy groups -OCH3 is 2. The molecular weight excluding hydrogens is 457 g/mol. The average Bonchev–Trinajstić information content (AvgIpc) is 2.85. The van der Waals surface area contributed by atoms with Gasteiger partial charge in [0.15, 0.2) is 6.61 Å². The zero-order valence-corrected chi connectivity index (χ0v) is 18.7. The molecule has 0 bridgehead atoms. The number of pyridine rings is 1. The molecule has 0 unspecified atom stereocenters. The number of benzene rings is 1. The molecule has 0 saturated carbocycles. The van der Waals surface area contributed by atoms with Crippen LogP contribution in [0.5, 0.6) is 17.4 Å². The number of aromatic nitrogens is 1. The van der Waals surface area contributed by atoms with Crippen molar-refractivity contribution in [2.24, 2.45) is 0 Å². The first-order chi connectivity index (χ1) is 16.2. The van der Waals surface area contributed by atoms with Gasteiger partial charge in [0.1, 0.15) is 11.5 Å². The number of alkyl halides is 3. The van der Waals surface area contributed by atoms with E-state index in [0.29, 0.717) is 48.8 Å². The molecule has 1 N–H and O–H groups in total. The SMILES string of the molecule is COc1ccc(C(=O)N2CCN(C(=O)NCc3ccnc(OCC(F)(F)F)c3)CC2)c(OC)c1. The van der Waals surface area contributed by atoms with E-state index in [4.69, 9.17) is 9.47 Å². The number of rotatable bonds is 7. The number of nitrogens with one attached hydrogen (secondary N) is 1. The molecule has 1 aliphatic heterocycles. The van der Waals surface area contributed by atoms with Crippen LogP contribution < -0.4 is 19.5 Å². The molecule has 1 aromatic heterocycles. The minimum atomic E-state index is -4.46. The Bertz CT molecular complexity index is 1010. The number of amides is 3. The first-order valence-corrected chi connectivity index (χ1v) is 10.4. The molecule has 9 nitrogen and oxygen atoms in total. The lowest BCUT2D eigenvalue weighted by Crippen LogP contribution is -2.53. The number of piperazine rings is 1. The number of hydrogen-bond acceptors (Lipinski definition) is 6. The molecule has 0 spiro atoms. The van der Waals surface area contributed by atoms with E-state index < -0.39 is 12.8 Å². The highest BCUT2D eigenvalue weighted by Gasteiger charge is 2.29. The maximum Gasteiger partial charge on any atom is 0.422 e. The molecule has 184 valence electrons. The summed E-state index contributed by atoms with van der Waals surface area (Å²) in [6.07, 6.45) is -3.15. The largest absolute Gasteiger partial charge is 0.497 e. The van der Waals surface area contributed by atoms with Crippen molar-refractivity contribution in [3.63, 3.8) is 0 Å². The van der Waals surface area contributed by atoms with Crippen LogP contribution in [-0.4, -0.2) is 79.9 Å². The van der Waals surface area contributed by atoms with Crippen LogP contribution in [-0.2, 0) is 6.54 Å². The summed E-state index contributed by atoms with van der Waals surface area (Å²) in [6, 6.07) is 7.52. The molecular formula is C22H25F3N4O5. The Kier molecular flexibility index (Phi) is 8.03. The lowest BCUT2D eigenvalue weighted by molar-refractivity contribution is -0.154. The molecule has 12 heteroatoms. The van der Waals surface area contributed by atoms with Crippen LogP contribution in [0.25, 0.3) is 0 Å². The van der Waals surface area contributed by atoms with Crippen molar-refractivity contribution in [2.75, 3.05) is 47.0 Å². The van der Waals surface area contributed by atoms with Crippen molar-refractivity contribution < 1.29 is 37.0 Å². The maximum absolute atomic E-state index is 12.9. The van der Waals surface area contributed by atoms with Crippen LogP contribution in [0.4, 0.5) is 18.0 Å². The van der Waals surface area contributed by atoms with Gasteiger partial charge < -0.3 is 29.3 Å². The Labute approximate surface area is 194 Å². The first-order valence-electron chi connectivity index (χ1n) is 10.4. The summed E-state index contributed by atoms with van der Waals surface area (Å²) < 4.78 is 52.0. The maximum atomic E-state index is 12.9. The smallest absolute Gasteiger partial charge is 0.422 e. The highest BCUT2D eigenvalue weighted by Crippen LogP contribution is 2.26. The first kappa shape index (κ1) is 24.9. The van der Waals surface area contributed by atoms with Crippen molar-refractivity contribution in [3.8, 4) is 17.4 Å².